The molecule has 0 fully saturated rings. The van der Waals surface area contributed by atoms with Crippen LogP contribution in [0.2, 0.25) is 0 Å². The van der Waals surface area contributed by atoms with Gasteiger partial charge in [-0.15, -0.1) is 11.3 Å². The molecule has 1 aromatic rings. The monoisotopic (exact) mass is 292 g/mol. The Kier molecular flexibility index (Phi) is 6.24. The van der Waals surface area contributed by atoms with Crippen molar-refractivity contribution in [1.82, 2.24) is 10.0 Å². The van der Waals surface area contributed by atoms with E-state index in [1.807, 2.05) is 6.92 Å². The van der Waals surface area contributed by atoms with Crippen molar-refractivity contribution in [2.24, 2.45) is 0 Å². The molecule has 5 nitrogen and oxygen atoms in total. The zero-order chi connectivity index (χ0) is 13.6. The SMILES string of the molecule is CCOCC(C)NS(=O)(=O)c1ccsc1CNC. The molecule has 1 unspecified atom stereocenters. The van der Waals surface area contributed by atoms with Crippen LogP contribution in [0.1, 0.15) is 18.7 Å². The molecule has 0 aromatic carbocycles. The van der Waals surface area contributed by atoms with Gasteiger partial charge in [-0.25, -0.2) is 13.1 Å². The van der Waals surface area contributed by atoms with Crippen LogP contribution in [0.3, 0.4) is 0 Å². The molecular formula is C11H20N2O3S2. The molecule has 1 aromatic heterocycles. The van der Waals surface area contributed by atoms with Crippen LogP contribution in [0.5, 0.6) is 0 Å². The normalized spacial score (nSPS) is 13.7. The maximum absolute atomic E-state index is 12.2. The second kappa shape index (κ2) is 7.20. The molecule has 2 N–H and O–H groups in total. The fourth-order valence-electron chi connectivity index (χ4n) is 1.51. The number of nitrogens with one attached hydrogen (secondary N) is 2. The van der Waals surface area contributed by atoms with Crippen molar-refractivity contribution in [3.05, 3.63) is 16.3 Å². The number of hydrogen-bond donors (Lipinski definition) is 2. The van der Waals surface area contributed by atoms with Gasteiger partial charge < -0.3 is 10.1 Å². The molecule has 0 amide bonds. The van der Waals surface area contributed by atoms with Gasteiger partial charge in [-0.2, -0.15) is 0 Å². The highest BCUT2D eigenvalue weighted by Crippen LogP contribution is 2.21. The minimum atomic E-state index is -3.46. The van der Waals surface area contributed by atoms with Gasteiger partial charge in [-0.05, 0) is 32.3 Å². The van der Waals surface area contributed by atoms with Crippen LogP contribution in [-0.4, -0.2) is 34.7 Å². The largest absolute Gasteiger partial charge is 0.380 e. The molecule has 0 aliphatic carbocycles. The first kappa shape index (κ1) is 15.6. The summed E-state index contributed by atoms with van der Waals surface area (Å²) in [5, 5.41) is 4.75. The molecule has 1 rings (SSSR count). The van der Waals surface area contributed by atoms with E-state index in [4.69, 9.17) is 4.74 Å². The lowest BCUT2D eigenvalue weighted by molar-refractivity contribution is 0.133. The molecule has 0 saturated carbocycles. The van der Waals surface area contributed by atoms with E-state index < -0.39 is 10.0 Å². The summed E-state index contributed by atoms with van der Waals surface area (Å²) in [6.07, 6.45) is 0. The van der Waals surface area contributed by atoms with Gasteiger partial charge in [-0.1, -0.05) is 0 Å². The maximum Gasteiger partial charge on any atom is 0.242 e. The third-order valence-corrected chi connectivity index (χ3v) is 4.98. The Morgan fingerprint density at radius 2 is 2.22 bits per heavy atom. The van der Waals surface area contributed by atoms with Crippen LogP contribution in [0.15, 0.2) is 16.3 Å². The highest BCUT2D eigenvalue weighted by molar-refractivity contribution is 7.89. The molecule has 0 aliphatic rings. The molecule has 0 aliphatic heterocycles. The number of sulfonamides is 1. The van der Waals surface area contributed by atoms with Crippen LogP contribution in [0.25, 0.3) is 0 Å². The summed E-state index contributed by atoms with van der Waals surface area (Å²) in [5.41, 5.74) is 0. The molecule has 0 saturated heterocycles. The second-order valence-electron chi connectivity index (χ2n) is 3.92. The van der Waals surface area contributed by atoms with Gasteiger partial charge in [0.25, 0.3) is 0 Å². The fourth-order valence-corrected chi connectivity index (χ4v) is 4.20. The van der Waals surface area contributed by atoms with E-state index in [-0.39, 0.29) is 6.04 Å². The molecular weight excluding hydrogens is 272 g/mol. The van der Waals surface area contributed by atoms with E-state index in [2.05, 4.69) is 10.0 Å². The van der Waals surface area contributed by atoms with Crippen molar-refractivity contribution < 1.29 is 13.2 Å². The zero-order valence-electron chi connectivity index (χ0n) is 10.9. The van der Waals surface area contributed by atoms with E-state index in [0.717, 1.165) is 4.88 Å². The summed E-state index contributed by atoms with van der Waals surface area (Å²) in [6, 6.07) is 1.39. The summed E-state index contributed by atoms with van der Waals surface area (Å²) < 4.78 is 32.2. The van der Waals surface area contributed by atoms with Gasteiger partial charge in [0.15, 0.2) is 0 Å². The summed E-state index contributed by atoms with van der Waals surface area (Å²) >= 11 is 1.43. The average molecular weight is 292 g/mol. The first-order chi connectivity index (χ1) is 8.51. The smallest absolute Gasteiger partial charge is 0.242 e. The molecule has 0 bridgehead atoms. The summed E-state index contributed by atoms with van der Waals surface area (Å²) in [4.78, 5) is 1.17. The Labute approximate surface area is 113 Å². The third-order valence-electron chi connectivity index (χ3n) is 2.26. The quantitative estimate of drug-likeness (QED) is 0.755. The van der Waals surface area contributed by atoms with Crippen LogP contribution in [0, 0.1) is 0 Å². The molecule has 0 radical (unpaired) electrons. The van der Waals surface area contributed by atoms with Crippen LogP contribution in [-0.2, 0) is 21.3 Å². The molecule has 7 heteroatoms. The molecule has 1 heterocycles. The molecule has 1 atom stereocenters. The number of rotatable bonds is 8. The van der Waals surface area contributed by atoms with Gasteiger partial charge >= 0.3 is 0 Å². The van der Waals surface area contributed by atoms with E-state index in [9.17, 15) is 8.42 Å². The van der Waals surface area contributed by atoms with Crippen molar-refractivity contribution in [1.29, 1.82) is 0 Å². The highest BCUT2D eigenvalue weighted by atomic mass is 32.2. The van der Waals surface area contributed by atoms with E-state index in [0.29, 0.717) is 24.7 Å². The van der Waals surface area contributed by atoms with Gasteiger partial charge in [-0.3, -0.25) is 0 Å². The van der Waals surface area contributed by atoms with E-state index >= 15 is 0 Å². The lowest BCUT2D eigenvalue weighted by Crippen LogP contribution is -2.36. The predicted octanol–water partition coefficient (Wildman–Crippen LogP) is 1.17. The van der Waals surface area contributed by atoms with Gasteiger partial charge in [0.2, 0.25) is 10.0 Å². The summed E-state index contributed by atoms with van der Waals surface area (Å²) in [7, 11) is -1.67. The van der Waals surface area contributed by atoms with Crippen LogP contribution < -0.4 is 10.0 Å². The van der Waals surface area contributed by atoms with Crippen LogP contribution in [0.4, 0.5) is 0 Å². The zero-order valence-corrected chi connectivity index (χ0v) is 12.5. The molecule has 104 valence electrons. The average Bonchev–Trinajstić information content (AvgIpc) is 2.75. The lowest BCUT2D eigenvalue weighted by atomic mass is 10.4. The minimum absolute atomic E-state index is 0.239. The topological polar surface area (TPSA) is 67.4 Å². The highest BCUT2D eigenvalue weighted by Gasteiger charge is 2.21. The Morgan fingerprint density at radius 1 is 1.50 bits per heavy atom. The molecule has 0 spiro atoms. The Morgan fingerprint density at radius 3 is 2.83 bits per heavy atom. The van der Waals surface area contributed by atoms with Gasteiger partial charge in [0, 0.05) is 24.1 Å². The number of thiophene rings is 1. The number of hydrogen-bond acceptors (Lipinski definition) is 5. The standard InChI is InChI=1S/C11H20N2O3S2/c1-4-16-8-9(2)13-18(14,15)11-5-6-17-10(11)7-12-3/h5-6,9,12-13H,4,7-8H2,1-3H3. The van der Waals surface area contributed by atoms with Crippen LogP contribution >= 0.6 is 11.3 Å². The summed E-state index contributed by atoms with van der Waals surface area (Å²) in [6.45, 7) is 5.17. The predicted molar refractivity (Wildman–Crippen MR) is 73.4 cm³/mol. The Hall–Kier alpha value is -0.470. The first-order valence-electron chi connectivity index (χ1n) is 5.82. The third kappa shape index (κ3) is 4.33. The lowest BCUT2D eigenvalue weighted by Gasteiger charge is -2.14. The van der Waals surface area contributed by atoms with Crippen molar-refractivity contribution in [2.75, 3.05) is 20.3 Å². The van der Waals surface area contributed by atoms with Crippen molar-refractivity contribution >= 4 is 21.4 Å². The number of ether oxygens (including phenoxy) is 1. The molecule has 18 heavy (non-hydrogen) atoms. The van der Waals surface area contributed by atoms with E-state index in [1.165, 1.54) is 11.3 Å². The maximum atomic E-state index is 12.2. The Balaban J connectivity index is 2.76. The van der Waals surface area contributed by atoms with Gasteiger partial charge in [0.1, 0.15) is 0 Å². The fraction of sp³-hybridized carbons (Fsp3) is 0.636. The Bertz CT molecular complexity index is 457. The van der Waals surface area contributed by atoms with Gasteiger partial charge in [0.05, 0.1) is 11.5 Å². The van der Waals surface area contributed by atoms with Crippen molar-refractivity contribution in [3.63, 3.8) is 0 Å². The minimum Gasteiger partial charge on any atom is -0.380 e. The van der Waals surface area contributed by atoms with Crippen molar-refractivity contribution in [2.45, 2.75) is 31.3 Å². The summed E-state index contributed by atoms with van der Waals surface area (Å²) in [5.74, 6) is 0. The van der Waals surface area contributed by atoms with E-state index in [1.54, 1.807) is 25.4 Å². The van der Waals surface area contributed by atoms with Crippen molar-refractivity contribution in [3.8, 4) is 0 Å². The second-order valence-corrected chi connectivity index (χ2v) is 6.60. The first-order valence-corrected chi connectivity index (χ1v) is 8.18.